The van der Waals surface area contributed by atoms with Gasteiger partial charge >= 0.3 is 5.97 Å². The molecule has 94 valence electrons. The number of halogens is 1. The van der Waals surface area contributed by atoms with Crippen LogP contribution in [-0.2, 0) is 9.53 Å². The van der Waals surface area contributed by atoms with Crippen LogP contribution in [0, 0.1) is 0 Å². The first-order chi connectivity index (χ1) is 8.04. The molecular weight excluding hydrogens is 292 g/mol. The summed E-state index contributed by atoms with van der Waals surface area (Å²) in [6.07, 6.45) is -0.0876. The molecule has 0 fully saturated rings. The maximum atomic E-state index is 11.1. The van der Waals surface area contributed by atoms with E-state index in [1.807, 2.05) is 0 Å². The molecule has 1 rings (SSSR count). The fraction of sp³-hybridized carbons (Fsp3) is 0.500. The lowest BCUT2D eigenvalue weighted by atomic mass is 10.1. The minimum absolute atomic E-state index is 0.199. The molecule has 7 heteroatoms. The van der Waals surface area contributed by atoms with Crippen LogP contribution in [0.25, 0.3) is 0 Å². The Morgan fingerprint density at radius 3 is 2.71 bits per heavy atom. The topological polar surface area (TPSA) is 92.5 Å². The monoisotopic (exact) mass is 304 g/mol. The van der Waals surface area contributed by atoms with E-state index in [0.29, 0.717) is 4.60 Å². The van der Waals surface area contributed by atoms with Crippen molar-refractivity contribution < 1.29 is 19.7 Å². The normalized spacial score (nSPS) is 14.1. The molecule has 0 radical (unpaired) electrons. The smallest absolute Gasteiger partial charge is 0.308 e. The molecule has 1 heterocycles. The van der Waals surface area contributed by atoms with Crippen molar-refractivity contribution in [2.45, 2.75) is 25.6 Å². The quantitative estimate of drug-likeness (QED) is 0.773. The molecule has 1 aromatic rings. The van der Waals surface area contributed by atoms with Gasteiger partial charge in [-0.25, -0.2) is 4.98 Å². The second-order valence-corrected chi connectivity index (χ2v) is 4.10. The van der Waals surface area contributed by atoms with Gasteiger partial charge in [0.2, 0.25) is 0 Å². The van der Waals surface area contributed by atoms with Gasteiger partial charge in [0.1, 0.15) is 10.7 Å². The number of ether oxygens (including phenoxy) is 1. The van der Waals surface area contributed by atoms with Crippen molar-refractivity contribution in [2.75, 3.05) is 6.61 Å². The van der Waals surface area contributed by atoms with Crippen molar-refractivity contribution in [2.24, 2.45) is 0 Å². The van der Waals surface area contributed by atoms with E-state index in [2.05, 4.69) is 30.6 Å². The Morgan fingerprint density at radius 2 is 2.18 bits per heavy atom. The van der Waals surface area contributed by atoms with E-state index in [1.165, 1.54) is 12.4 Å². The lowest BCUT2D eigenvalue weighted by Gasteiger charge is -2.16. The predicted molar refractivity (Wildman–Crippen MR) is 61.9 cm³/mol. The number of aromatic nitrogens is 2. The Morgan fingerprint density at radius 1 is 1.47 bits per heavy atom. The van der Waals surface area contributed by atoms with Crippen molar-refractivity contribution >= 4 is 21.9 Å². The fourth-order valence-corrected chi connectivity index (χ4v) is 1.38. The predicted octanol–water partition coefficient (Wildman–Crippen LogP) is 0.587. The summed E-state index contributed by atoms with van der Waals surface area (Å²) in [4.78, 5) is 18.9. The molecule has 2 unspecified atom stereocenters. The van der Waals surface area contributed by atoms with Gasteiger partial charge in [0.15, 0.2) is 0 Å². The Labute approximate surface area is 107 Å². The average molecular weight is 305 g/mol. The van der Waals surface area contributed by atoms with Gasteiger partial charge in [0.05, 0.1) is 37.2 Å². The highest BCUT2D eigenvalue weighted by Gasteiger charge is 2.23. The molecule has 2 N–H and O–H groups in total. The van der Waals surface area contributed by atoms with Crippen LogP contribution in [0.4, 0.5) is 0 Å². The average Bonchev–Trinajstić information content (AvgIpc) is 2.29. The first kappa shape index (κ1) is 14.0. The summed E-state index contributed by atoms with van der Waals surface area (Å²) in [5.74, 6) is -0.566. The zero-order chi connectivity index (χ0) is 12.8. The van der Waals surface area contributed by atoms with Gasteiger partial charge in [-0.1, -0.05) is 0 Å². The van der Waals surface area contributed by atoms with Crippen LogP contribution in [0.2, 0.25) is 0 Å². The maximum Gasteiger partial charge on any atom is 0.308 e. The molecule has 2 atom stereocenters. The highest BCUT2D eigenvalue weighted by atomic mass is 79.9. The van der Waals surface area contributed by atoms with Gasteiger partial charge in [-0.15, -0.1) is 0 Å². The Kier molecular flexibility index (Phi) is 5.46. The number of esters is 1. The van der Waals surface area contributed by atoms with Crippen molar-refractivity contribution in [3.05, 3.63) is 22.7 Å². The van der Waals surface area contributed by atoms with E-state index in [-0.39, 0.29) is 18.7 Å². The van der Waals surface area contributed by atoms with Crippen molar-refractivity contribution in [3.8, 4) is 0 Å². The van der Waals surface area contributed by atoms with Crippen LogP contribution in [0.1, 0.15) is 25.1 Å². The molecule has 0 bridgehead atoms. The summed E-state index contributed by atoms with van der Waals surface area (Å²) in [5.41, 5.74) is 0.199. The van der Waals surface area contributed by atoms with Crippen LogP contribution in [0.3, 0.4) is 0 Å². The summed E-state index contributed by atoms with van der Waals surface area (Å²) in [5, 5.41) is 19.3. The molecule has 1 aromatic heterocycles. The molecule has 0 amide bonds. The third kappa shape index (κ3) is 4.37. The number of carbonyl (C=O) groups is 1. The molecule has 0 saturated carbocycles. The third-order valence-electron chi connectivity index (χ3n) is 1.99. The van der Waals surface area contributed by atoms with Gasteiger partial charge in [-0.3, -0.25) is 9.78 Å². The van der Waals surface area contributed by atoms with Crippen LogP contribution in [-0.4, -0.2) is 38.9 Å². The molecule has 0 aromatic carbocycles. The molecule has 0 aliphatic heterocycles. The standard InChI is InChI=1S/C10H13BrN2O4/c1-2-17-9(15)3-7(14)10(16)6-4-13-8(11)5-12-6/h4-5,7,10,14,16H,2-3H2,1H3. The number of hydrogen-bond donors (Lipinski definition) is 2. The molecule has 0 aliphatic carbocycles. The highest BCUT2D eigenvalue weighted by Crippen LogP contribution is 2.17. The lowest BCUT2D eigenvalue weighted by Crippen LogP contribution is -2.24. The van der Waals surface area contributed by atoms with Gasteiger partial charge in [-0.05, 0) is 22.9 Å². The molecule has 0 aliphatic rings. The second kappa shape index (κ2) is 6.63. The zero-order valence-corrected chi connectivity index (χ0v) is 10.8. The Balaban J connectivity index is 2.60. The summed E-state index contributed by atoms with van der Waals surface area (Å²) >= 11 is 3.10. The molecule has 0 spiro atoms. The third-order valence-corrected chi connectivity index (χ3v) is 2.40. The van der Waals surface area contributed by atoms with E-state index < -0.39 is 18.2 Å². The number of aliphatic hydroxyl groups is 2. The Bertz CT molecular complexity index is 371. The first-order valence-corrected chi connectivity index (χ1v) is 5.83. The van der Waals surface area contributed by atoms with Crippen LogP contribution in [0.5, 0.6) is 0 Å². The molecule has 6 nitrogen and oxygen atoms in total. The van der Waals surface area contributed by atoms with Crippen molar-refractivity contribution in [3.63, 3.8) is 0 Å². The maximum absolute atomic E-state index is 11.1. The fourth-order valence-electron chi connectivity index (χ4n) is 1.17. The van der Waals surface area contributed by atoms with Crippen LogP contribution >= 0.6 is 15.9 Å². The van der Waals surface area contributed by atoms with Gasteiger partial charge < -0.3 is 14.9 Å². The Hall–Kier alpha value is -1.05. The summed E-state index contributed by atoms with van der Waals surface area (Å²) in [6, 6.07) is 0. The minimum atomic E-state index is -1.26. The summed E-state index contributed by atoms with van der Waals surface area (Å²) in [6.45, 7) is 1.90. The molecule has 17 heavy (non-hydrogen) atoms. The largest absolute Gasteiger partial charge is 0.466 e. The summed E-state index contributed by atoms with van der Waals surface area (Å²) < 4.78 is 5.19. The van der Waals surface area contributed by atoms with Crippen LogP contribution in [0.15, 0.2) is 17.0 Å². The SMILES string of the molecule is CCOC(=O)CC(O)C(O)c1cnc(Br)cn1. The van der Waals surface area contributed by atoms with Gasteiger partial charge in [0, 0.05) is 0 Å². The first-order valence-electron chi connectivity index (χ1n) is 5.03. The number of hydrogen-bond acceptors (Lipinski definition) is 6. The highest BCUT2D eigenvalue weighted by molar-refractivity contribution is 9.10. The molecule has 0 saturated heterocycles. The van der Waals surface area contributed by atoms with Gasteiger partial charge in [0.25, 0.3) is 0 Å². The van der Waals surface area contributed by atoms with Crippen molar-refractivity contribution in [1.29, 1.82) is 0 Å². The molecular formula is C10H13BrN2O4. The van der Waals surface area contributed by atoms with E-state index in [0.717, 1.165) is 0 Å². The van der Waals surface area contributed by atoms with E-state index >= 15 is 0 Å². The van der Waals surface area contributed by atoms with Crippen molar-refractivity contribution in [1.82, 2.24) is 9.97 Å². The number of nitrogens with zero attached hydrogens (tertiary/aromatic N) is 2. The van der Waals surface area contributed by atoms with E-state index in [9.17, 15) is 15.0 Å². The number of aliphatic hydroxyl groups excluding tert-OH is 2. The van der Waals surface area contributed by atoms with Gasteiger partial charge in [-0.2, -0.15) is 0 Å². The summed E-state index contributed by atoms with van der Waals surface area (Å²) in [7, 11) is 0. The second-order valence-electron chi connectivity index (χ2n) is 3.29. The lowest BCUT2D eigenvalue weighted by molar-refractivity contribution is -0.147. The van der Waals surface area contributed by atoms with Crippen LogP contribution < -0.4 is 0 Å². The van der Waals surface area contributed by atoms with E-state index in [4.69, 9.17) is 0 Å². The van der Waals surface area contributed by atoms with E-state index in [1.54, 1.807) is 6.92 Å². The number of rotatable bonds is 5. The zero-order valence-electron chi connectivity index (χ0n) is 9.21. The minimum Gasteiger partial charge on any atom is -0.466 e. The number of carbonyl (C=O) groups excluding carboxylic acids is 1.